The van der Waals surface area contributed by atoms with E-state index >= 15 is 0 Å². The Balaban J connectivity index is 3.27. The molecule has 0 atom stereocenters. The summed E-state index contributed by atoms with van der Waals surface area (Å²) >= 11 is 0. The second-order valence-electron chi connectivity index (χ2n) is 2.08. The first-order valence-electron chi connectivity index (χ1n) is 3.10. The molecule has 0 saturated carbocycles. The molecule has 0 radical (unpaired) electrons. The van der Waals surface area contributed by atoms with Crippen molar-refractivity contribution < 1.29 is 4.79 Å². The van der Waals surface area contributed by atoms with Gasteiger partial charge in [0.15, 0.2) is 0 Å². The maximum atomic E-state index is 10.5. The molecule has 1 amide bonds. The Morgan fingerprint density at radius 2 is 2.22 bits per heavy atom. The third-order valence-electron chi connectivity index (χ3n) is 1.24. The molecule has 0 rings (SSSR count). The molecule has 0 aliphatic rings. The van der Waals surface area contributed by atoms with Gasteiger partial charge in [-0.05, 0) is 13.0 Å². The molecule has 0 aromatic rings. The molecule has 0 aromatic carbocycles. The van der Waals surface area contributed by atoms with Crippen LogP contribution in [0.3, 0.4) is 0 Å². The van der Waals surface area contributed by atoms with E-state index < -0.39 is 0 Å². The summed E-state index contributed by atoms with van der Waals surface area (Å²) in [4.78, 5) is 12.2. The maximum Gasteiger partial charge on any atom is 0.219 e. The number of carbonyl (C=O) groups is 1. The van der Waals surface area contributed by atoms with Gasteiger partial charge in [-0.15, -0.1) is 0 Å². The van der Waals surface area contributed by atoms with Crippen molar-refractivity contribution in [2.24, 2.45) is 5.73 Å². The second kappa shape index (κ2) is 4.32. The van der Waals surface area contributed by atoms with E-state index in [-0.39, 0.29) is 5.91 Å². The Labute approximate surface area is 55.8 Å². The van der Waals surface area contributed by atoms with E-state index in [0.29, 0.717) is 6.54 Å². The Hall–Kier alpha value is -0.570. The van der Waals surface area contributed by atoms with Crippen molar-refractivity contribution in [2.75, 3.05) is 20.1 Å². The molecule has 0 fully saturated rings. The first-order valence-corrected chi connectivity index (χ1v) is 3.10. The number of hydrogen-bond acceptors (Lipinski definition) is 2. The molecule has 0 saturated heterocycles. The van der Waals surface area contributed by atoms with Gasteiger partial charge in [0.05, 0.1) is 0 Å². The minimum atomic E-state index is 0.100. The quantitative estimate of drug-likeness (QED) is 0.575. The van der Waals surface area contributed by atoms with Crippen LogP contribution in [0.4, 0.5) is 0 Å². The highest BCUT2D eigenvalue weighted by Crippen LogP contribution is 1.84. The largest absolute Gasteiger partial charge is 0.346 e. The fraction of sp³-hybridized carbons (Fsp3) is 0.833. The summed E-state index contributed by atoms with van der Waals surface area (Å²) < 4.78 is 0. The van der Waals surface area contributed by atoms with E-state index in [9.17, 15) is 4.79 Å². The van der Waals surface area contributed by atoms with E-state index in [4.69, 9.17) is 5.73 Å². The fourth-order valence-corrected chi connectivity index (χ4v) is 0.486. The monoisotopic (exact) mass is 130 g/mol. The predicted octanol–water partition coefficient (Wildman–Crippen LogP) is -0.186. The van der Waals surface area contributed by atoms with E-state index in [1.807, 2.05) is 0 Å². The van der Waals surface area contributed by atoms with Gasteiger partial charge in [-0.1, -0.05) is 0 Å². The van der Waals surface area contributed by atoms with E-state index in [1.165, 1.54) is 0 Å². The van der Waals surface area contributed by atoms with Crippen LogP contribution in [0, 0.1) is 0 Å². The zero-order valence-electron chi connectivity index (χ0n) is 6.05. The summed E-state index contributed by atoms with van der Waals surface area (Å²) in [6.45, 7) is 2.97. The molecular formula is C6H14N2O. The number of rotatable bonds is 3. The minimum absolute atomic E-state index is 0.100. The van der Waals surface area contributed by atoms with Crippen molar-refractivity contribution in [1.82, 2.24) is 4.90 Å². The molecule has 2 N–H and O–H groups in total. The Bertz CT molecular complexity index is 93.1. The fourth-order valence-electron chi connectivity index (χ4n) is 0.486. The third kappa shape index (κ3) is 3.97. The van der Waals surface area contributed by atoms with Crippen LogP contribution in [0.2, 0.25) is 0 Å². The lowest BCUT2D eigenvalue weighted by atomic mass is 10.4. The standard InChI is InChI=1S/C6H14N2O/c1-6(9)8(2)5-3-4-7/h3-5,7H2,1-2H3. The second-order valence-corrected chi connectivity index (χ2v) is 2.08. The molecule has 0 aliphatic carbocycles. The maximum absolute atomic E-state index is 10.5. The average Bonchev–Trinajstić information content (AvgIpc) is 1.82. The van der Waals surface area contributed by atoms with Gasteiger partial charge < -0.3 is 10.6 Å². The van der Waals surface area contributed by atoms with Gasteiger partial charge in [0.1, 0.15) is 0 Å². The minimum Gasteiger partial charge on any atom is -0.346 e. The molecule has 0 spiro atoms. The topological polar surface area (TPSA) is 46.3 Å². The van der Waals surface area contributed by atoms with Crippen molar-refractivity contribution in [2.45, 2.75) is 13.3 Å². The van der Waals surface area contributed by atoms with Gasteiger partial charge in [0.25, 0.3) is 0 Å². The highest BCUT2D eigenvalue weighted by Gasteiger charge is 1.98. The SMILES string of the molecule is CC(=O)N(C)CCCN. The summed E-state index contributed by atoms with van der Waals surface area (Å²) in [5.74, 6) is 0.100. The van der Waals surface area contributed by atoms with Gasteiger partial charge in [-0.25, -0.2) is 0 Å². The average molecular weight is 130 g/mol. The highest BCUT2D eigenvalue weighted by atomic mass is 16.2. The van der Waals surface area contributed by atoms with Gasteiger partial charge in [0, 0.05) is 20.5 Å². The van der Waals surface area contributed by atoms with E-state index in [0.717, 1.165) is 13.0 Å². The van der Waals surface area contributed by atoms with Crippen molar-refractivity contribution in [3.63, 3.8) is 0 Å². The number of hydrogen-bond donors (Lipinski definition) is 1. The zero-order chi connectivity index (χ0) is 7.28. The predicted molar refractivity (Wildman–Crippen MR) is 37.0 cm³/mol. The zero-order valence-corrected chi connectivity index (χ0v) is 6.05. The first-order chi connectivity index (χ1) is 4.18. The number of nitrogens with two attached hydrogens (primary N) is 1. The summed E-state index contributed by atoms with van der Waals surface area (Å²) in [5, 5.41) is 0. The summed E-state index contributed by atoms with van der Waals surface area (Å²) in [6.07, 6.45) is 0.885. The van der Waals surface area contributed by atoms with Crippen molar-refractivity contribution in [3.8, 4) is 0 Å². The van der Waals surface area contributed by atoms with Crippen LogP contribution in [0.25, 0.3) is 0 Å². The lowest BCUT2D eigenvalue weighted by Crippen LogP contribution is -2.26. The molecule has 0 heterocycles. The molecule has 3 nitrogen and oxygen atoms in total. The molecule has 0 bridgehead atoms. The molecule has 0 aromatic heterocycles. The Morgan fingerprint density at radius 1 is 1.67 bits per heavy atom. The third-order valence-corrected chi connectivity index (χ3v) is 1.24. The van der Waals surface area contributed by atoms with Crippen LogP contribution in [0.5, 0.6) is 0 Å². The normalized spacial score (nSPS) is 9.22. The van der Waals surface area contributed by atoms with Crippen molar-refractivity contribution in [3.05, 3.63) is 0 Å². The lowest BCUT2D eigenvalue weighted by Gasteiger charge is -2.12. The van der Waals surface area contributed by atoms with E-state index in [2.05, 4.69) is 0 Å². The van der Waals surface area contributed by atoms with Gasteiger partial charge in [-0.3, -0.25) is 4.79 Å². The molecule has 0 unspecified atom stereocenters. The molecule has 54 valence electrons. The van der Waals surface area contributed by atoms with Crippen LogP contribution < -0.4 is 5.73 Å². The van der Waals surface area contributed by atoms with Gasteiger partial charge in [0.2, 0.25) is 5.91 Å². The molecule has 9 heavy (non-hydrogen) atoms. The van der Waals surface area contributed by atoms with E-state index in [1.54, 1.807) is 18.9 Å². The van der Waals surface area contributed by atoms with Gasteiger partial charge in [-0.2, -0.15) is 0 Å². The van der Waals surface area contributed by atoms with Crippen LogP contribution >= 0.6 is 0 Å². The van der Waals surface area contributed by atoms with Crippen LogP contribution in [0.15, 0.2) is 0 Å². The lowest BCUT2D eigenvalue weighted by molar-refractivity contribution is -0.127. The Kier molecular flexibility index (Phi) is 4.05. The van der Waals surface area contributed by atoms with Gasteiger partial charge >= 0.3 is 0 Å². The molecular weight excluding hydrogens is 116 g/mol. The smallest absolute Gasteiger partial charge is 0.219 e. The summed E-state index contributed by atoms with van der Waals surface area (Å²) in [5.41, 5.74) is 5.24. The van der Waals surface area contributed by atoms with Crippen LogP contribution in [0.1, 0.15) is 13.3 Å². The summed E-state index contributed by atoms with van der Waals surface area (Å²) in [7, 11) is 1.78. The Morgan fingerprint density at radius 3 is 2.56 bits per heavy atom. The first kappa shape index (κ1) is 8.43. The molecule has 0 aliphatic heterocycles. The van der Waals surface area contributed by atoms with Crippen molar-refractivity contribution in [1.29, 1.82) is 0 Å². The van der Waals surface area contributed by atoms with Crippen LogP contribution in [-0.4, -0.2) is 30.9 Å². The van der Waals surface area contributed by atoms with Crippen molar-refractivity contribution >= 4 is 5.91 Å². The summed E-state index contributed by atoms with van der Waals surface area (Å²) in [6, 6.07) is 0. The number of amides is 1. The number of carbonyl (C=O) groups excluding carboxylic acids is 1. The van der Waals surface area contributed by atoms with Crippen LogP contribution in [-0.2, 0) is 4.79 Å². The highest BCUT2D eigenvalue weighted by molar-refractivity contribution is 5.72. The molecule has 3 heteroatoms. The number of nitrogens with zero attached hydrogens (tertiary/aromatic N) is 1.